The minimum atomic E-state index is 0.0924. The van der Waals surface area contributed by atoms with E-state index in [-0.39, 0.29) is 5.91 Å². The molecule has 2 aromatic rings. The van der Waals surface area contributed by atoms with Crippen molar-refractivity contribution in [2.45, 2.75) is 25.7 Å². The van der Waals surface area contributed by atoms with E-state index in [1.165, 1.54) is 0 Å². The van der Waals surface area contributed by atoms with Crippen molar-refractivity contribution in [2.24, 2.45) is 0 Å². The summed E-state index contributed by atoms with van der Waals surface area (Å²) in [5, 5.41) is 0. The van der Waals surface area contributed by atoms with Gasteiger partial charge in [0.15, 0.2) is 0 Å². The number of rotatable bonds is 2. The number of hydrogen-bond donors (Lipinski definition) is 0. The van der Waals surface area contributed by atoms with E-state index in [4.69, 9.17) is 0 Å². The standard InChI is InChI=1S/C17H19N3O/c1-13-4-2-6-16(19-13)15-5-3-11-20(12-15)17(21)14-7-9-18-10-8-14/h2,4,6-10,15H,3,5,11-12H2,1H3. The largest absolute Gasteiger partial charge is 0.338 e. The molecule has 1 unspecified atom stereocenters. The Morgan fingerprint density at radius 2 is 2.05 bits per heavy atom. The topological polar surface area (TPSA) is 46.1 Å². The molecule has 1 saturated heterocycles. The summed E-state index contributed by atoms with van der Waals surface area (Å²) in [6, 6.07) is 9.67. The third-order valence-corrected chi connectivity index (χ3v) is 3.96. The molecule has 108 valence electrons. The molecule has 4 heteroatoms. The summed E-state index contributed by atoms with van der Waals surface area (Å²) in [6.07, 6.45) is 5.45. The highest BCUT2D eigenvalue weighted by molar-refractivity contribution is 5.94. The molecule has 3 rings (SSSR count). The fourth-order valence-corrected chi connectivity index (χ4v) is 2.87. The van der Waals surface area contributed by atoms with E-state index in [1.807, 2.05) is 24.0 Å². The lowest BCUT2D eigenvalue weighted by Crippen LogP contribution is -2.39. The van der Waals surface area contributed by atoms with E-state index in [2.05, 4.69) is 16.0 Å². The van der Waals surface area contributed by atoms with Gasteiger partial charge in [-0.1, -0.05) is 6.07 Å². The number of aryl methyl sites for hydroxylation is 1. The van der Waals surface area contributed by atoms with Crippen molar-refractivity contribution in [2.75, 3.05) is 13.1 Å². The highest BCUT2D eigenvalue weighted by Crippen LogP contribution is 2.26. The smallest absolute Gasteiger partial charge is 0.253 e. The van der Waals surface area contributed by atoms with Crippen LogP contribution in [0.2, 0.25) is 0 Å². The molecule has 0 bridgehead atoms. The Kier molecular flexibility index (Phi) is 3.95. The number of carbonyl (C=O) groups excluding carboxylic acids is 1. The molecule has 0 aliphatic carbocycles. The number of piperidine rings is 1. The molecule has 1 aliphatic rings. The van der Waals surface area contributed by atoms with Crippen molar-refractivity contribution in [3.8, 4) is 0 Å². The van der Waals surface area contributed by atoms with Gasteiger partial charge in [0.2, 0.25) is 0 Å². The fourth-order valence-electron chi connectivity index (χ4n) is 2.87. The van der Waals surface area contributed by atoms with Gasteiger partial charge in [0.05, 0.1) is 0 Å². The molecule has 4 nitrogen and oxygen atoms in total. The molecule has 0 spiro atoms. The van der Waals surface area contributed by atoms with Gasteiger partial charge in [-0.15, -0.1) is 0 Å². The molecule has 1 amide bonds. The Morgan fingerprint density at radius 1 is 1.24 bits per heavy atom. The van der Waals surface area contributed by atoms with Crippen molar-refractivity contribution in [3.63, 3.8) is 0 Å². The zero-order valence-corrected chi connectivity index (χ0v) is 12.2. The first-order valence-corrected chi connectivity index (χ1v) is 7.37. The number of hydrogen-bond acceptors (Lipinski definition) is 3. The minimum absolute atomic E-state index is 0.0924. The molecule has 0 radical (unpaired) electrons. The van der Waals surface area contributed by atoms with Gasteiger partial charge in [-0.25, -0.2) is 0 Å². The normalized spacial score (nSPS) is 18.5. The molecule has 1 atom stereocenters. The predicted molar refractivity (Wildman–Crippen MR) is 81.1 cm³/mol. The van der Waals surface area contributed by atoms with Crippen LogP contribution in [0.3, 0.4) is 0 Å². The van der Waals surface area contributed by atoms with Crippen LogP contribution < -0.4 is 0 Å². The summed E-state index contributed by atoms with van der Waals surface area (Å²) in [4.78, 5) is 23.0. The van der Waals surface area contributed by atoms with Gasteiger partial charge in [0, 0.05) is 48.4 Å². The van der Waals surface area contributed by atoms with Crippen LogP contribution in [-0.2, 0) is 0 Å². The molecule has 3 heterocycles. The van der Waals surface area contributed by atoms with Crippen LogP contribution in [0.25, 0.3) is 0 Å². The molecule has 1 fully saturated rings. The van der Waals surface area contributed by atoms with Gasteiger partial charge >= 0.3 is 0 Å². The Hall–Kier alpha value is -2.23. The SMILES string of the molecule is Cc1cccc(C2CCCN(C(=O)c3ccncc3)C2)n1. The second kappa shape index (κ2) is 6.04. The zero-order chi connectivity index (χ0) is 14.7. The number of carbonyl (C=O) groups is 1. The van der Waals surface area contributed by atoms with Crippen molar-refractivity contribution in [1.29, 1.82) is 0 Å². The quantitative estimate of drug-likeness (QED) is 0.850. The Balaban J connectivity index is 1.75. The Labute approximate surface area is 124 Å². The van der Waals surface area contributed by atoms with E-state index >= 15 is 0 Å². The van der Waals surface area contributed by atoms with E-state index in [9.17, 15) is 4.79 Å². The summed E-state index contributed by atoms with van der Waals surface area (Å²) < 4.78 is 0. The average molecular weight is 281 g/mol. The van der Waals surface area contributed by atoms with Crippen LogP contribution >= 0.6 is 0 Å². The molecule has 21 heavy (non-hydrogen) atoms. The number of aromatic nitrogens is 2. The third-order valence-electron chi connectivity index (χ3n) is 3.96. The van der Waals surface area contributed by atoms with Crippen molar-refractivity contribution in [1.82, 2.24) is 14.9 Å². The lowest BCUT2D eigenvalue weighted by Gasteiger charge is -2.32. The zero-order valence-electron chi connectivity index (χ0n) is 12.2. The van der Waals surface area contributed by atoms with Crippen LogP contribution in [0.1, 0.15) is 40.5 Å². The first-order chi connectivity index (χ1) is 10.2. The number of amides is 1. The van der Waals surface area contributed by atoms with Crippen LogP contribution in [0.4, 0.5) is 0 Å². The molecule has 2 aromatic heterocycles. The van der Waals surface area contributed by atoms with Gasteiger partial charge in [0.1, 0.15) is 0 Å². The number of pyridine rings is 2. The van der Waals surface area contributed by atoms with E-state index in [1.54, 1.807) is 24.5 Å². The molecule has 0 saturated carbocycles. The maximum atomic E-state index is 12.5. The van der Waals surface area contributed by atoms with Gasteiger partial charge in [-0.05, 0) is 44.0 Å². The van der Waals surface area contributed by atoms with E-state index in [0.717, 1.165) is 37.3 Å². The van der Waals surface area contributed by atoms with Crippen LogP contribution in [-0.4, -0.2) is 33.9 Å². The van der Waals surface area contributed by atoms with Gasteiger partial charge < -0.3 is 4.90 Å². The van der Waals surface area contributed by atoms with Gasteiger partial charge in [-0.3, -0.25) is 14.8 Å². The Bertz CT molecular complexity index is 627. The predicted octanol–water partition coefficient (Wildman–Crippen LogP) is 2.80. The number of nitrogens with zero attached hydrogens (tertiary/aromatic N) is 3. The molecule has 0 aromatic carbocycles. The van der Waals surface area contributed by atoms with Crippen molar-refractivity contribution in [3.05, 3.63) is 59.7 Å². The van der Waals surface area contributed by atoms with Crippen molar-refractivity contribution < 1.29 is 4.79 Å². The molecule has 1 aliphatic heterocycles. The first kappa shape index (κ1) is 13.7. The van der Waals surface area contributed by atoms with Crippen molar-refractivity contribution >= 4 is 5.91 Å². The van der Waals surface area contributed by atoms with Crippen LogP contribution in [0.15, 0.2) is 42.7 Å². The lowest BCUT2D eigenvalue weighted by molar-refractivity contribution is 0.0706. The van der Waals surface area contributed by atoms with E-state index in [0.29, 0.717) is 11.5 Å². The Morgan fingerprint density at radius 3 is 2.81 bits per heavy atom. The minimum Gasteiger partial charge on any atom is -0.338 e. The maximum Gasteiger partial charge on any atom is 0.253 e. The van der Waals surface area contributed by atoms with E-state index < -0.39 is 0 Å². The van der Waals surface area contributed by atoms with Crippen LogP contribution in [0.5, 0.6) is 0 Å². The molecular weight excluding hydrogens is 262 g/mol. The fraction of sp³-hybridized carbons (Fsp3) is 0.353. The molecular formula is C17H19N3O. The lowest BCUT2D eigenvalue weighted by atomic mass is 9.93. The van der Waals surface area contributed by atoms with Gasteiger partial charge in [-0.2, -0.15) is 0 Å². The van der Waals surface area contributed by atoms with Crippen LogP contribution in [0, 0.1) is 6.92 Å². The second-order valence-electron chi connectivity index (χ2n) is 5.53. The monoisotopic (exact) mass is 281 g/mol. The maximum absolute atomic E-state index is 12.5. The first-order valence-electron chi connectivity index (χ1n) is 7.37. The third kappa shape index (κ3) is 3.10. The highest BCUT2D eigenvalue weighted by Gasteiger charge is 2.26. The summed E-state index contributed by atoms with van der Waals surface area (Å²) in [6.45, 7) is 3.58. The summed E-state index contributed by atoms with van der Waals surface area (Å²) in [7, 11) is 0. The summed E-state index contributed by atoms with van der Waals surface area (Å²) in [5.41, 5.74) is 2.84. The molecule has 0 N–H and O–H groups in total. The highest BCUT2D eigenvalue weighted by atomic mass is 16.2. The average Bonchev–Trinajstić information content (AvgIpc) is 2.55. The second-order valence-corrected chi connectivity index (χ2v) is 5.53. The summed E-state index contributed by atoms with van der Waals surface area (Å²) in [5.74, 6) is 0.430. The number of likely N-dealkylation sites (tertiary alicyclic amines) is 1. The van der Waals surface area contributed by atoms with Gasteiger partial charge in [0.25, 0.3) is 5.91 Å². The summed E-state index contributed by atoms with van der Waals surface area (Å²) >= 11 is 0.